The number of halogens is 1. The molecule has 3 rings (SSSR count). The Kier molecular flexibility index (Phi) is 6.46. The van der Waals surface area contributed by atoms with Crippen LogP contribution in [0.4, 0.5) is 5.69 Å². The van der Waals surface area contributed by atoms with Crippen molar-refractivity contribution in [3.05, 3.63) is 64.1 Å². The van der Waals surface area contributed by atoms with E-state index in [9.17, 15) is 14.4 Å². The Balaban J connectivity index is 1.53. The van der Waals surface area contributed by atoms with Crippen LogP contribution in [0.5, 0.6) is 0 Å². The van der Waals surface area contributed by atoms with Crippen molar-refractivity contribution >= 4 is 39.4 Å². The first-order valence-electron chi connectivity index (χ1n) is 9.02. The standard InChI is InChI=1S/C21H21BrN2O4/c1-28-21(27)16-4-8-18(9-5-16)23-19(25)14-10-12-24(13-11-14)20(26)15-2-6-17(22)7-3-15/h2-9,14H,10-13H2,1H3,(H,23,25). The van der Waals surface area contributed by atoms with Crippen molar-refractivity contribution in [3.63, 3.8) is 0 Å². The van der Waals surface area contributed by atoms with Gasteiger partial charge in [-0.2, -0.15) is 0 Å². The maximum atomic E-state index is 12.6. The number of esters is 1. The van der Waals surface area contributed by atoms with Crippen LogP contribution in [0.25, 0.3) is 0 Å². The summed E-state index contributed by atoms with van der Waals surface area (Å²) in [5.74, 6) is -0.638. The van der Waals surface area contributed by atoms with Gasteiger partial charge in [0.2, 0.25) is 5.91 Å². The van der Waals surface area contributed by atoms with Gasteiger partial charge in [-0.05, 0) is 61.4 Å². The lowest BCUT2D eigenvalue weighted by Gasteiger charge is -2.31. The molecule has 1 N–H and O–H groups in total. The van der Waals surface area contributed by atoms with E-state index in [1.54, 1.807) is 41.3 Å². The van der Waals surface area contributed by atoms with Crippen molar-refractivity contribution in [2.24, 2.45) is 5.92 Å². The first-order valence-corrected chi connectivity index (χ1v) is 9.81. The normalized spacial score (nSPS) is 14.4. The fourth-order valence-electron chi connectivity index (χ4n) is 3.17. The van der Waals surface area contributed by atoms with Crippen LogP contribution in [0.1, 0.15) is 33.6 Å². The van der Waals surface area contributed by atoms with Crippen LogP contribution in [0.15, 0.2) is 53.0 Å². The van der Waals surface area contributed by atoms with E-state index in [0.29, 0.717) is 42.7 Å². The van der Waals surface area contributed by atoms with Gasteiger partial charge in [0.15, 0.2) is 0 Å². The summed E-state index contributed by atoms with van der Waals surface area (Å²) in [6.45, 7) is 1.10. The van der Waals surface area contributed by atoms with Crippen LogP contribution >= 0.6 is 15.9 Å². The summed E-state index contributed by atoms with van der Waals surface area (Å²) in [5.41, 5.74) is 1.71. The zero-order chi connectivity index (χ0) is 20.1. The highest BCUT2D eigenvalue weighted by atomic mass is 79.9. The van der Waals surface area contributed by atoms with Crippen LogP contribution in [0.2, 0.25) is 0 Å². The second-order valence-corrected chi connectivity index (χ2v) is 7.55. The lowest BCUT2D eigenvalue weighted by molar-refractivity contribution is -0.121. The lowest BCUT2D eigenvalue weighted by atomic mass is 9.95. The molecule has 1 aliphatic rings. The molecular formula is C21H21BrN2O4. The number of piperidine rings is 1. The zero-order valence-corrected chi connectivity index (χ0v) is 17.1. The number of nitrogens with one attached hydrogen (secondary N) is 1. The largest absolute Gasteiger partial charge is 0.465 e. The molecule has 1 saturated heterocycles. The molecule has 146 valence electrons. The van der Waals surface area contributed by atoms with Gasteiger partial charge >= 0.3 is 5.97 Å². The molecule has 7 heteroatoms. The fraction of sp³-hybridized carbons (Fsp3) is 0.286. The predicted molar refractivity (Wildman–Crippen MR) is 109 cm³/mol. The van der Waals surface area contributed by atoms with Gasteiger partial charge in [-0.1, -0.05) is 15.9 Å². The Labute approximate surface area is 172 Å². The molecule has 6 nitrogen and oxygen atoms in total. The lowest BCUT2D eigenvalue weighted by Crippen LogP contribution is -2.41. The van der Waals surface area contributed by atoms with E-state index >= 15 is 0 Å². The third-order valence-corrected chi connectivity index (χ3v) is 5.35. The van der Waals surface area contributed by atoms with Crippen molar-refractivity contribution in [1.82, 2.24) is 4.90 Å². The predicted octanol–water partition coefficient (Wildman–Crippen LogP) is 3.73. The number of methoxy groups -OCH3 is 1. The van der Waals surface area contributed by atoms with Crippen molar-refractivity contribution in [2.75, 3.05) is 25.5 Å². The molecule has 0 unspecified atom stereocenters. The SMILES string of the molecule is COC(=O)c1ccc(NC(=O)C2CCN(C(=O)c3ccc(Br)cc3)CC2)cc1. The van der Waals surface area contributed by atoms with Crippen LogP contribution in [-0.2, 0) is 9.53 Å². The highest BCUT2D eigenvalue weighted by molar-refractivity contribution is 9.10. The van der Waals surface area contributed by atoms with E-state index in [-0.39, 0.29) is 17.7 Å². The summed E-state index contributed by atoms with van der Waals surface area (Å²) in [5, 5.41) is 2.88. The number of ether oxygens (including phenoxy) is 1. The summed E-state index contributed by atoms with van der Waals surface area (Å²) in [4.78, 5) is 38.3. The van der Waals surface area contributed by atoms with Gasteiger partial charge in [-0.3, -0.25) is 9.59 Å². The summed E-state index contributed by atoms with van der Waals surface area (Å²) in [6, 6.07) is 13.9. The molecule has 0 radical (unpaired) electrons. The molecule has 0 bridgehead atoms. The number of benzene rings is 2. The minimum absolute atomic E-state index is 0.00948. The average Bonchev–Trinajstić information content (AvgIpc) is 2.74. The minimum Gasteiger partial charge on any atom is -0.465 e. The molecule has 1 aliphatic heterocycles. The number of hydrogen-bond acceptors (Lipinski definition) is 4. The number of hydrogen-bond donors (Lipinski definition) is 1. The maximum Gasteiger partial charge on any atom is 0.337 e. The number of anilines is 1. The van der Waals surface area contributed by atoms with Crippen molar-refractivity contribution in [1.29, 1.82) is 0 Å². The number of likely N-dealkylation sites (tertiary alicyclic amines) is 1. The third kappa shape index (κ3) is 4.78. The Morgan fingerprint density at radius 3 is 2.11 bits per heavy atom. The van der Waals surface area contributed by atoms with E-state index in [4.69, 9.17) is 0 Å². The van der Waals surface area contributed by atoms with Crippen molar-refractivity contribution < 1.29 is 19.1 Å². The Morgan fingerprint density at radius 2 is 1.54 bits per heavy atom. The smallest absolute Gasteiger partial charge is 0.337 e. The highest BCUT2D eigenvalue weighted by Gasteiger charge is 2.27. The molecule has 1 heterocycles. The highest BCUT2D eigenvalue weighted by Crippen LogP contribution is 2.22. The molecule has 28 heavy (non-hydrogen) atoms. The van der Waals surface area contributed by atoms with E-state index in [0.717, 1.165) is 4.47 Å². The number of nitrogens with zero attached hydrogens (tertiary/aromatic N) is 1. The number of rotatable bonds is 4. The molecule has 2 aromatic rings. The van der Waals surface area contributed by atoms with Crippen LogP contribution < -0.4 is 5.32 Å². The van der Waals surface area contributed by atoms with Crippen LogP contribution in [0.3, 0.4) is 0 Å². The zero-order valence-electron chi connectivity index (χ0n) is 15.5. The van der Waals surface area contributed by atoms with Crippen molar-refractivity contribution in [3.8, 4) is 0 Å². The average molecular weight is 445 g/mol. The third-order valence-electron chi connectivity index (χ3n) is 4.82. The Hall–Kier alpha value is -2.67. The summed E-state index contributed by atoms with van der Waals surface area (Å²) in [6.07, 6.45) is 1.24. The first kappa shape index (κ1) is 20.1. The molecule has 0 aromatic heterocycles. The van der Waals surface area contributed by atoms with Gasteiger partial charge in [0, 0.05) is 34.7 Å². The first-order chi connectivity index (χ1) is 13.5. The topological polar surface area (TPSA) is 75.7 Å². The van der Waals surface area contributed by atoms with E-state index < -0.39 is 5.97 Å². The van der Waals surface area contributed by atoms with Crippen LogP contribution in [0, 0.1) is 5.92 Å². The Morgan fingerprint density at radius 1 is 0.964 bits per heavy atom. The van der Waals surface area contributed by atoms with Gasteiger partial charge in [0.05, 0.1) is 12.7 Å². The molecule has 0 saturated carbocycles. The number of amides is 2. The fourth-order valence-corrected chi connectivity index (χ4v) is 3.44. The van der Waals surface area contributed by atoms with E-state index in [1.165, 1.54) is 7.11 Å². The van der Waals surface area contributed by atoms with Gasteiger partial charge in [0.25, 0.3) is 5.91 Å². The van der Waals surface area contributed by atoms with Crippen molar-refractivity contribution in [2.45, 2.75) is 12.8 Å². The molecule has 2 aromatic carbocycles. The Bertz CT molecular complexity index is 857. The maximum absolute atomic E-state index is 12.6. The molecular weight excluding hydrogens is 424 g/mol. The number of carbonyl (C=O) groups is 3. The summed E-state index contributed by atoms with van der Waals surface area (Å²) >= 11 is 3.36. The second kappa shape index (κ2) is 9.01. The molecule has 2 amide bonds. The quantitative estimate of drug-likeness (QED) is 0.728. The van der Waals surface area contributed by atoms with Crippen LogP contribution in [-0.4, -0.2) is 42.9 Å². The van der Waals surface area contributed by atoms with Gasteiger partial charge in [0.1, 0.15) is 0 Å². The summed E-state index contributed by atoms with van der Waals surface area (Å²) in [7, 11) is 1.33. The van der Waals surface area contributed by atoms with Gasteiger partial charge in [-0.25, -0.2) is 4.79 Å². The minimum atomic E-state index is -0.416. The van der Waals surface area contributed by atoms with E-state index in [1.807, 2.05) is 12.1 Å². The summed E-state index contributed by atoms with van der Waals surface area (Å²) < 4.78 is 5.59. The van der Waals surface area contributed by atoms with Gasteiger partial charge in [-0.15, -0.1) is 0 Å². The molecule has 0 spiro atoms. The van der Waals surface area contributed by atoms with Gasteiger partial charge < -0.3 is 15.0 Å². The number of carbonyl (C=O) groups excluding carboxylic acids is 3. The molecule has 0 aliphatic carbocycles. The monoisotopic (exact) mass is 444 g/mol. The molecule has 1 fully saturated rings. The van der Waals surface area contributed by atoms with E-state index in [2.05, 4.69) is 26.0 Å². The molecule has 0 atom stereocenters. The second-order valence-electron chi connectivity index (χ2n) is 6.63.